The molecule has 0 bridgehead atoms. The van der Waals surface area contributed by atoms with Gasteiger partial charge < -0.3 is 0 Å². The SMILES string of the molecule is CCCc1[c]c1=O. The van der Waals surface area contributed by atoms with Gasteiger partial charge in [-0.05, 0) is 6.42 Å². The lowest BCUT2D eigenvalue weighted by atomic mass is 10.3. The first-order valence-corrected chi connectivity index (χ1v) is 2.51. The van der Waals surface area contributed by atoms with Gasteiger partial charge in [-0.15, -0.1) is 0 Å². The predicted octanol–water partition coefficient (Wildman–Crippen LogP) is 0.675. The monoisotopic (exact) mass is 95.0 g/mol. The maximum Gasteiger partial charge on any atom is 0.190 e. The first-order valence-electron chi connectivity index (χ1n) is 2.51. The van der Waals surface area contributed by atoms with E-state index in [-0.39, 0.29) is 5.43 Å². The summed E-state index contributed by atoms with van der Waals surface area (Å²) in [7, 11) is 0. The average molecular weight is 95.1 g/mol. The van der Waals surface area contributed by atoms with Crippen LogP contribution in [0.2, 0.25) is 0 Å². The van der Waals surface area contributed by atoms with Crippen molar-refractivity contribution in [3.63, 3.8) is 0 Å². The van der Waals surface area contributed by atoms with Gasteiger partial charge in [0.1, 0.15) is 0 Å². The smallest absolute Gasteiger partial charge is 0.190 e. The highest BCUT2D eigenvalue weighted by molar-refractivity contribution is 5.20. The van der Waals surface area contributed by atoms with Gasteiger partial charge in [0, 0.05) is 11.6 Å². The molecule has 1 heteroatoms. The first kappa shape index (κ1) is 4.57. The van der Waals surface area contributed by atoms with Crippen molar-refractivity contribution < 1.29 is 0 Å². The third-order valence-electron chi connectivity index (χ3n) is 0.976. The van der Waals surface area contributed by atoms with E-state index in [1.165, 1.54) is 0 Å². The molecule has 1 nitrogen and oxygen atoms in total. The molecule has 0 saturated heterocycles. The molecule has 0 aromatic heterocycles. The van der Waals surface area contributed by atoms with E-state index in [1.807, 2.05) is 0 Å². The van der Waals surface area contributed by atoms with Gasteiger partial charge in [-0.25, -0.2) is 0 Å². The summed E-state index contributed by atoms with van der Waals surface area (Å²) in [6.45, 7) is 2.06. The highest BCUT2D eigenvalue weighted by Gasteiger charge is 2.05. The second kappa shape index (κ2) is 1.49. The molecule has 0 heterocycles. The van der Waals surface area contributed by atoms with E-state index in [0.717, 1.165) is 18.4 Å². The molecular formula is C6H7O. The summed E-state index contributed by atoms with van der Waals surface area (Å²) >= 11 is 0. The van der Waals surface area contributed by atoms with Crippen LogP contribution in [0.3, 0.4) is 0 Å². The minimum absolute atomic E-state index is 0.141. The lowest BCUT2D eigenvalue weighted by Gasteiger charge is -1.75. The van der Waals surface area contributed by atoms with Crippen LogP contribution in [-0.2, 0) is 6.42 Å². The van der Waals surface area contributed by atoms with Crippen LogP contribution in [0.15, 0.2) is 4.79 Å². The maximum atomic E-state index is 10.1. The molecule has 0 aliphatic carbocycles. The van der Waals surface area contributed by atoms with Crippen molar-refractivity contribution in [3.8, 4) is 0 Å². The van der Waals surface area contributed by atoms with Crippen molar-refractivity contribution in [1.29, 1.82) is 0 Å². The van der Waals surface area contributed by atoms with E-state index in [4.69, 9.17) is 0 Å². The second-order valence-corrected chi connectivity index (χ2v) is 1.68. The topological polar surface area (TPSA) is 17.1 Å². The summed E-state index contributed by atoms with van der Waals surface area (Å²) in [6, 6.07) is 2.61. The molecular weight excluding hydrogens is 88.1 g/mol. The summed E-state index contributed by atoms with van der Waals surface area (Å²) in [5.74, 6) is 0. The summed E-state index contributed by atoms with van der Waals surface area (Å²) in [5, 5.41) is 0. The molecule has 1 rings (SSSR count). The maximum absolute atomic E-state index is 10.1. The van der Waals surface area contributed by atoms with Gasteiger partial charge in [0.05, 0.1) is 0 Å². The highest BCUT2D eigenvalue weighted by Crippen LogP contribution is 1.96. The molecule has 0 unspecified atom stereocenters. The number of rotatable bonds is 2. The zero-order valence-corrected chi connectivity index (χ0v) is 4.32. The molecule has 1 aromatic carbocycles. The van der Waals surface area contributed by atoms with Crippen molar-refractivity contribution >= 4 is 0 Å². The average Bonchev–Trinajstić information content (AvgIpc) is 2.22. The predicted molar refractivity (Wildman–Crippen MR) is 27.9 cm³/mol. The molecule has 0 aliphatic heterocycles. The molecule has 37 valence electrons. The van der Waals surface area contributed by atoms with Crippen molar-refractivity contribution in [2.24, 2.45) is 0 Å². The Balaban J connectivity index is 2.36. The molecule has 0 saturated carbocycles. The van der Waals surface area contributed by atoms with E-state index in [1.54, 1.807) is 0 Å². The Morgan fingerprint density at radius 1 is 1.71 bits per heavy atom. The lowest BCUT2D eigenvalue weighted by molar-refractivity contribution is 0.938. The van der Waals surface area contributed by atoms with Crippen LogP contribution in [0.4, 0.5) is 0 Å². The molecule has 1 aromatic rings. The molecule has 0 atom stereocenters. The zero-order chi connectivity index (χ0) is 5.28. The van der Waals surface area contributed by atoms with Crippen LogP contribution < -0.4 is 5.43 Å². The number of hydrogen-bond acceptors (Lipinski definition) is 1. The molecule has 0 fully saturated rings. The van der Waals surface area contributed by atoms with Crippen molar-refractivity contribution in [2.45, 2.75) is 19.8 Å². The third kappa shape index (κ3) is 0.889. The normalized spacial score (nSPS) is 10.4. The summed E-state index contributed by atoms with van der Waals surface area (Å²) in [6.07, 6.45) is 1.99. The molecule has 0 N–H and O–H groups in total. The molecule has 0 aliphatic rings. The minimum Gasteiger partial charge on any atom is -0.289 e. The van der Waals surface area contributed by atoms with Gasteiger partial charge in [-0.2, -0.15) is 0 Å². The van der Waals surface area contributed by atoms with Crippen LogP contribution in [0, 0.1) is 6.07 Å². The summed E-state index contributed by atoms with van der Waals surface area (Å²) < 4.78 is 0. The van der Waals surface area contributed by atoms with E-state index in [2.05, 4.69) is 13.0 Å². The van der Waals surface area contributed by atoms with E-state index >= 15 is 0 Å². The Morgan fingerprint density at radius 3 is 2.43 bits per heavy atom. The van der Waals surface area contributed by atoms with Crippen LogP contribution >= 0.6 is 0 Å². The Bertz CT molecular complexity index is 158. The van der Waals surface area contributed by atoms with Crippen LogP contribution in [0.1, 0.15) is 18.9 Å². The largest absolute Gasteiger partial charge is 0.289 e. The second-order valence-electron chi connectivity index (χ2n) is 1.68. The Morgan fingerprint density at radius 2 is 2.29 bits per heavy atom. The Kier molecular flexibility index (Phi) is 0.970. The first-order chi connectivity index (χ1) is 3.34. The van der Waals surface area contributed by atoms with Gasteiger partial charge in [0.15, 0.2) is 5.43 Å². The minimum atomic E-state index is 0.141. The summed E-state index contributed by atoms with van der Waals surface area (Å²) in [5.41, 5.74) is 1.05. The summed E-state index contributed by atoms with van der Waals surface area (Å²) in [4.78, 5) is 10.1. The van der Waals surface area contributed by atoms with Crippen LogP contribution in [0.5, 0.6) is 0 Å². The standard InChI is InChI=1S/C6H7O/c1-2-3-5-4-6(5)7/h2-3H2,1H3. The molecule has 1 radical (unpaired) electrons. The van der Waals surface area contributed by atoms with Crippen LogP contribution in [-0.4, -0.2) is 0 Å². The lowest BCUT2D eigenvalue weighted by Crippen LogP contribution is -1.79. The van der Waals surface area contributed by atoms with Gasteiger partial charge in [-0.3, -0.25) is 4.79 Å². The van der Waals surface area contributed by atoms with Crippen molar-refractivity contribution in [3.05, 3.63) is 21.9 Å². The molecule has 0 amide bonds. The molecule has 7 heavy (non-hydrogen) atoms. The van der Waals surface area contributed by atoms with Crippen LogP contribution in [0.25, 0.3) is 0 Å². The fraction of sp³-hybridized carbons (Fsp3) is 0.500. The van der Waals surface area contributed by atoms with E-state index in [0.29, 0.717) is 0 Å². The fourth-order valence-corrected chi connectivity index (χ4v) is 0.532. The van der Waals surface area contributed by atoms with E-state index < -0.39 is 0 Å². The van der Waals surface area contributed by atoms with Gasteiger partial charge >= 0.3 is 0 Å². The molecule has 0 spiro atoms. The van der Waals surface area contributed by atoms with Crippen molar-refractivity contribution in [1.82, 2.24) is 0 Å². The highest BCUT2D eigenvalue weighted by atomic mass is 16.1. The fourth-order valence-electron chi connectivity index (χ4n) is 0.532. The van der Waals surface area contributed by atoms with Gasteiger partial charge in [0.25, 0.3) is 0 Å². The van der Waals surface area contributed by atoms with E-state index in [9.17, 15) is 4.79 Å². The quantitative estimate of drug-likeness (QED) is 0.527. The Labute approximate surface area is 42.7 Å². The number of hydrogen-bond donors (Lipinski definition) is 0. The van der Waals surface area contributed by atoms with Crippen molar-refractivity contribution in [2.75, 3.05) is 0 Å². The number of aryl methyl sites for hydroxylation is 1. The Hall–Kier alpha value is -0.590. The zero-order valence-electron chi connectivity index (χ0n) is 4.32. The third-order valence-corrected chi connectivity index (χ3v) is 0.976. The van der Waals surface area contributed by atoms with Gasteiger partial charge in [-0.1, -0.05) is 13.3 Å². The van der Waals surface area contributed by atoms with Gasteiger partial charge in [0.2, 0.25) is 0 Å².